The summed E-state index contributed by atoms with van der Waals surface area (Å²) in [4.78, 5) is 14.5. The summed E-state index contributed by atoms with van der Waals surface area (Å²) in [5, 5.41) is 8.63. The van der Waals surface area contributed by atoms with E-state index in [1.54, 1.807) is 4.90 Å². The number of benzene rings is 2. The molecule has 0 radical (unpaired) electrons. The SMILES string of the molecule is CC(Sc1nnc(-c2ccc(C(C)(C)C)cc2)n1N)C(=O)N(C)Cc1ccccc1. The zero-order valence-electron chi connectivity index (χ0n) is 18.2. The molecule has 3 rings (SSSR count). The maximum absolute atomic E-state index is 12.8. The molecule has 0 saturated heterocycles. The lowest BCUT2D eigenvalue weighted by Gasteiger charge is -2.21. The van der Waals surface area contributed by atoms with Gasteiger partial charge in [-0.2, -0.15) is 0 Å². The molecule has 0 fully saturated rings. The lowest BCUT2D eigenvalue weighted by molar-refractivity contribution is -0.129. The highest BCUT2D eigenvalue weighted by molar-refractivity contribution is 8.00. The van der Waals surface area contributed by atoms with E-state index in [1.165, 1.54) is 22.0 Å². The van der Waals surface area contributed by atoms with Crippen LogP contribution in [0.25, 0.3) is 11.4 Å². The normalized spacial score (nSPS) is 12.6. The number of aromatic nitrogens is 3. The molecular formula is C23H29N5OS. The Morgan fingerprint density at radius 3 is 2.33 bits per heavy atom. The summed E-state index contributed by atoms with van der Waals surface area (Å²) in [7, 11) is 1.81. The van der Waals surface area contributed by atoms with Crippen molar-refractivity contribution in [2.45, 2.75) is 50.1 Å². The Morgan fingerprint density at radius 2 is 1.73 bits per heavy atom. The molecule has 158 valence electrons. The Labute approximate surface area is 182 Å². The van der Waals surface area contributed by atoms with Gasteiger partial charge in [0, 0.05) is 19.2 Å². The number of carbonyl (C=O) groups excluding carboxylic acids is 1. The number of hydrogen-bond donors (Lipinski definition) is 1. The smallest absolute Gasteiger partial charge is 0.235 e. The summed E-state index contributed by atoms with van der Waals surface area (Å²) in [6.45, 7) is 8.95. The topological polar surface area (TPSA) is 77.0 Å². The first-order valence-corrected chi connectivity index (χ1v) is 10.8. The lowest BCUT2D eigenvalue weighted by Crippen LogP contribution is -2.33. The molecule has 0 aliphatic heterocycles. The zero-order valence-corrected chi connectivity index (χ0v) is 19.0. The molecule has 3 aromatic rings. The second-order valence-corrected chi connectivity index (χ2v) is 9.75. The average Bonchev–Trinajstić information content (AvgIpc) is 3.07. The molecule has 0 aliphatic carbocycles. The predicted molar refractivity (Wildman–Crippen MR) is 123 cm³/mol. The van der Waals surface area contributed by atoms with Crippen molar-refractivity contribution >= 4 is 17.7 Å². The minimum Gasteiger partial charge on any atom is -0.340 e. The first-order valence-electron chi connectivity index (χ1n) is 9.94. The van der Waals surface area contributed by atoms with E-state index in [1.807, 2.05) is 56.4 Å². The number of rotatable bonds is 6. The summed E-state index contributed by atoms with van der Waals surface area (Å²) in [6.07, 6.45) is 0. The highest BCUT2D eigenvalue weighted by atomic mass is 32.2. The van der Waals surface area contributed by atoms with Gasteiger partial charge in [0.15, 0.2) is 5.82 Å². The van der Waals surface area contributed by atoms with Gasteiger partial charge in [-0.15, -0.1) is 10.2 Å². The first-order chi connectivity index (χ1) is 14.2. The van der Waals surface area contributed by atoms with Crippen molar-refractivity contribution in [1.29, 1.82) is 0 Å². The van der Waals surface area contributed by atoms with Gasteiger partial charge in [0.2, 0.25) is 11.1 Å². The summed E-state index contributed by atoms with van der Waals surface area (Å²) in [5.74, 6) is 6.85. The average molecular weight is 424 g/mol. The monoisotopic (exact) mass is 423 g/mol. The van der Waals surface area contributed by atoms with Crippen LogP contribution in [0.2, 0.25) is 0 Å². The van der Waals surface area contributed by atoms with Crippen LogP contribution in [-0.4, -0.2) is 38.0 Å². The molecule has 1 amide bonds. The highest BCUT2D eigenvalue weighted by Gasteiger charge is 2.23. The molecule has 0 bridgehead atoms. The highest BCUT2D eigenvalue weighted by Crippen LogP contribution is 2.28. The van der Waals surface area contributed by atoms with Crippen molar-refractivity contribution in [3.05, 3.63) is 65.7 Å². The minimum absolute atomic E-state index is 0.0166. The van der Waals surface area contributed by atoms with Crippen LogP contribution in [0.4, 0.5) is 0 Å². The fourth-order valence-corrected chi connectivity index (χ4v) is 4.01. The molecule has 1 heterocycles. The van der Waals surface area contributed by atoms with Crippen LogP contribution < -0.4 is 5.84 Å². The Bertz CT molecular complexity index is 993. The van der Waals surface area contributed by atoms with E-state index < -0.39 is 0 Å². The molecule has 30 heavy (non-hydrogen) atoms. The van der Waals surface area contributed by atoms with Crippen molar-refractivity contribution in [3.63, 3.8) is 0 Å². The first kappa shape index (κ1) is 21.9. The number of thioether (sulfide) groups is 1. The van der Waals surface area contributed by atoms with Gasteiger partial charge in [0.05, 0.1) is 5.25 Å². The fourth-order valence-electron chi connectivity index (χ4n) is 3.13. The van der Waals surface area contributed by atoms with Crippen LogP contribution in [0.15, 0.2) is 59.8 Å². The summed E-state index contributed by atoms with van der Waals surface area (Å²) >= 11 is 1.31. The van der Waals surface area contributed by atoms with E-state index in [4.69, 9.17) is 5.84 Å². The molecule has 7 heteroatoms. The number of nitrogens with zero attached hydrogens (tertiary/aromatic N) is 4. The third kappa shape index (κ3) is 5.02. The Hall–Kier alpha value is -2.80. The van der Waals surface area contributed by atoms with E-state index in [9.17, 15) is 4.79 Å². The van der Waals surface area contributed by atoms with Crippen LogP contribution in [0.5, 0.6) is 0 Å². The molecule has 1 atom stereocenters. The van der Waals surface area contributed by atoms with Crippen LogP contribution in [0.3, 0.4) is 0 Å². The van der Waals surface area contributed by atoms with Crippen molar-refractivity contribution in [3.8, 4) is 11.4 Å². The fraction of sp³-hybridized carbons (Fsp3) is 0.348. The number of hydrogen-bond acceptors (Lipinski definition) is 5. The standard InChI is InChI=1S/C23H29N5OS/c1-16(21(29)27(5)15-17-9-7-6-8-10-17)30-22-26-25-20(28(22)24)18-11-13-19(14-12-18)23(2,3)4/h6-14,16H,15,24H2,1-5H3. The van der Waals surface area contributed by atoms with Gasteiger partial charge in [-0.1, -0.05) is 87.1 Å². The van der Waals surface area contributed by atoms with Crippen LogP contribution in [0, 0.1) is 0 Å². The summed E-state index contributed by atoms with van der Waals surface area (Å²) < 4.78 is 1.46. The third-order valence-electron chi connectivity index (χ3n) is 4.94. The van der Waals surface area contributed by atoms with Gasteiger partial charge in [0.1, 0.15) is 0 Å². The van der Waals surface area contributed by atoms with Crippen molar-refractivity contribution in [1.82, 2.24) is 19.8 Å². The van der Waals surface area contributed by atoms with E-state index >= 15 is 0 Å². The molecule has 2 N–H and O–H groups in total. The van der Waals surface area contributed by atoms with Gasteiger partial charge in [-0.05, 0) is 23.5 Å². The second kappa shape index (κ2) is 8.92. The van der Waals surface area contributed by atoms with Gasteiger partial charge in [0.25, 0.3) is 0 Å². The Morgan fingerprint density at radius 1 is 1.10 bits per heavy atom. The minimum atomic E-state index is -0.332. The van der Waals surface area contributed by atoms with E-state index in [2.05, 4.69) is 43.1 Å². The quantitative estimate of drug-likeness (QED) is 0.477. The van der Waals surface area contributed by atoms with Crippen molar-refractivity contribution < 1.29 is 4.79 Å². The third-order valence-corrected chi connectivity index (χ3v) is 5.99. The Kier molecular flexibility index (Phi) is 6.51. The van der Waals surface area contributed by atoms with Crippen LogP contribution >= 0.6 is 11.8 Å². The van der Waals surface area contributed by atoms with Gasteiger partial charge >= 0.3 is 0 Å². The Balaban J connectivity index is 1.69. The molecule has 6 nitrogen and oxygen atoms in total. The molecular weight excluding hydrogens is 394 g/mol. The van der Waals surface area contributed by atoms with Gasteiger partial charge < -0.3 is 10.7 Å². The molecule has 0 spiro atoms. The van der Waals surface area contributed by atoms with Gasteiger partial charge in [-0.3, -0.25) is 4.79 Å². The second-order valence-electron chi connectivity index (χ2n) is 8.44. The maximum Gasteiger partial charge on any atom is 0.235 e. The van der Waals surface area contributed by atoms with Gasteiger partial charge in [-0.25, -0.2) is 4.68 Å². The lowest BCUT2D eigenvalue weighted by atomic mass is 9.87. The largest absolute Gasteiger partial charge is 0.340 e. The number of amides is 1. The molecule has 2 aromatic carbocycles. The number of carbonyl (C=O) groups is 1. The maximum atomic E-state index is 12.8. The zero-order chi connectivity index (χ0) is 21.9. The summed E-state index contributed by atoms with van der Waals surface area (Å²) in [6, 6.07) is 18.1. The van der Waals surface area contributed by atoms with E-state index in [-0.39, 0.29) is 16.6 Å². The number of nitrogen functional groups attached to an aromatic ring is 1. The molecule has 0 aliphatic rings. The molecule has 1 aromatic heterocycles. The summed E-state index contributed by atoms with van der Waals surface area (Å²) in [5.41, 5.74) is 3.31. The number of nitrogens with two attached hydrogens (primary N) is 1. The van der Waals surface area contributed by atoms with Crippen molar-refractivity contribution in [2.24, 2.45) is 0 Å². The predicted octanol–water partition coefficient (Wildman–Crippen LogP) is 4.10. The van der Waals surface area contributed by atoms with Crippen LogP contribution in [-0.2, 0) is 16.8 Å². The van der Waals surface area contributed by atoms with Crippen molar-refractivity contribution in [2.75, 3.05) is 12.9 Å². The van der Waals surface area contributed by atoms with Crippen LogP contribution in [0.1, 0.15) is 38.8 Å². The molecule has 0 saturated carbocycles. The van der Waals surface area contributed by atoms with E-state index in [0.717, 1.165) is 11.1 Å². The molecule has 1 unspecified atom stereocenters. The van der Waals surface area contributed by atoms with E-state index in [0.29, 0.717) is 17.5 Å².